The van der Waals surface area contributed by atoms with E-state index < -0.39 is 0 Å². The van der Waals surface area contributed by atoms with Crippen LogP contribution in [0, 0.1) is 0 Å². The van der Waals surface area contributed by atoms with E-state index in [0.29, 0.717) is 5.75 Å². The summed E-state index contributed by atoms with van der Waals surface area (Å²) >= 11 is 0. The lowest BCUT2D eigenvalue weighted by Crippen LogP contribution is -2.00. The fraction of sp³-hybridized carbons (Fsp3) is 0. The van der Waals surface area contributed by atoms with Crippen LogP contribution in [0.5, 0.6) is 23.0 Å². The van der Waals surface area contributed by atoms with Crippen LogP contribution in [0.4, 0.5) is 0 Å². The van der Waals surface area contributed by atoms with Gasteiger partial charge in [0.2, 0.25) is 5.75 Å². The minimum absolute atomic E-state index is 0.00118. The van der Waals surface area contributed by atoms with Crippen LogP contribution < -0.4 is 9.78 Å². The maximum Gasteiger partial charge on any atom is 0.220 e. The van der Waals surface area contributed by atoms with Crippen LogP contribution in [0.1, 0.15) is 0 Å². The van der Waals surface area contributed by atoms with Gasteiger partial charge in [0.25, 0.3) is 0 Å². The number of para-hydroxylation sites is 2. The average molecular weight is 218 g/mol. The van der Waals surface area contributed by atoms with Crippen molar-refractivity contribution in [2.24, 2.45) is 0 Å². The zero-order valence-corrected chi connectivity index (χ0v) is 8.33. The molecule has 16 heavy (non-hydrogen) atoms. The van der Waals surface area contributed by atoms with Crippen molar-refractivity contribution in [2.45, 2.75) is 0 Å². The van der Waals surface area contributed by atoms with Gasteiger partial charge in [0.05, 0.1) is 0 Å². The van der Waals surface area contributed by atoms with E-state index in [9.17, 15) is 5.11 Å². The predicted octanol–water partition coefficient (Wildman–Crippen LogP) is 2.47. The Kier molecular flexibility index (Phi) is 2.82. The van der Waals surface area contributed by atoms with E-state index >= 15 is 0 Å². The Labute approximate surface area is 92.2 Å². The van der Waals surface area contributed by atoms with Crippen molar-refractivity contribution < 1.29 is 20.0 Å². The lowest BCUT2D eigenvalue weighted by molar-refractivity contribution is -0.102. The van der Waals surface area contributed by atoms with Crippen molar-refractivity contribution in [2.75, 3.05) is 0 Å². The number of phenolic OH excluding ortho intramolecular Hbond substituents is 2. The molecule has 0 aliphatic heterocycles. The molecule has 2 N–H and O–H groups in total. The molecule has 0 unspecified atom stereocenters. The van der Waals surface area contributed by atoms with Crippen LogP contribution in [0.25, 0.3) is 0 Å². The molecule has 4 nitrogen and oxygen atoms in total. The summed E-state index contributed by atoms with van der Waals surface area (Å²) in [4.78, 5) is 9.89. The van der Waals surface area contributed by atoms with Gasteiger partial charge in [-0.15, -0.1) is 0 Å². The molecule has 0 heterocycles. The first-order valence-electron chi connectivity index (χ1n) is 4.67. The summed E-state index contributed by atoms with van der Waals surface area (Å²) in [7, 11) is 0. The molecule has 0 atom stereocenters. The smallest absolute Gasteiger partial charge is 0.220 e. The highest BCUT2D eigenvalue weighted by molar-refractivity contribution is 5.38. The first-order valence-corrected chi connectivity index (χ1v) is 4.67. The average Bonchev–Trinajstić information content (AvgIpc) is 2.30. The Morgan fingerprint density at radius 3 is 2.12 bits per heavy atom. The third-order valence-electron chi connectivity index (χ3n) is 1.93. The highest BCUT2D eigenvalue weighted by Gasteiger charge is 2.02. The molecule has 2 rings (SSSR count). The van der Waals surface area contributed by atoms with E-state index in [2.05, 4.69) is 0 Å². The molecular formula is C12H10O4. The summed E-state index contributed by atoms with van der Waals surface area (Å²) in [6.07, 6.45) is 0. The quantitative estimate of drug-likeness (QED) is 0.613. The lowest BCUT2D eigenvalue weighted by Gasteiger charge is -2.06. The molecular weight excluding hydrogens is 208 g/mol. The van der Waals surface area contributed by atoms with Crippen LogP contribution >= 0.6 is 0 Å². The summed E-state index contributed by atoms with van der Waals surface area (Å²) < 4.78 is 0. The summed E-state index contributed by atoms with van der Waals surface area (Å²) in [5, 5.41) is 18.4. The van der Waals surface area contributed by atoms with Gasteiger partial charge in [-0.05, 0) is 36.4 Å². The highest BCUT2D eigenvalue weighted by Crippen LogP contribution is 2.25. The topological polar surface area (TPSA) is 58.9 Å². The van der Waals surface area contributed by atoms with E-state index in [0.717, 1.165) is 0 Å². The molecule has 0 aliphatic carbocycles. The lowest BCUT2D eigenvalue weighted by atomic mass is 10.3. The molecule has 0 saturated heterocycles. The Morgan fingerprint density at radius 2 is 1.44 bits per heavy atom. The van der Waals surface area contributed by atoms with Crippen LogP contribution in [0.3, 0.4) is 0 Å². The number of hydrogen-bond acceptors (Lipinski definition) is 4. The Hall–Kier alpha value is -2.36. The maximum atomic E-state index is 9.39. The number of benzene rings is 2. The SMILES string of the molecule is Oc1ccc(OOc2ccccc2O)cc1. The second-order valence-corrected chi connectivity index (χ2v) is 3.13. The molecule has 4 heteroatoms. The van der Waals surface area contributed by atoms with Gasteiger partial charge in [-0.2, -0.15) is 0 Å². The minimum atomic E-state index is 0.00118. The second kappa shape index (κ2) is 4.44. The van der Waals surface area contributed by atoms with E-state index in [4.69, 9.17) is 14.9 Å². The van der Waals surface area contributed by atoms with Crippen molar-refractivity contribution in [1.82, 2.24) is 0 Å². The second-order valence-electron chi connectivity index (χ2n) is 3.13. The molecule has 0 fully saturated rings. The zero-order chi connectivity index (χ0) is 11.4. The first kappa shape index (κ1) is 10.2. The third kappa shape index (κ3) is 2.36. The van der Waals surface area contributed by atoms with Crippen LogP contribution in [-0.2, 0) is 0 Å². The van der Waals surface area contributed by atoms with Crippen molar-refractivity contribution in [1.29, 1.82) is 0 Å². The van der Waals surface area contributed by atoms with Gasteiger partial charge in [-0.3, -0.25) is 9.78 Å². The molecule has 0 aromatic heterocycles. The summed E-state index contributed by atoms with van der Waals surface area (Å²) in [5.74, 6) is 0.813. The van der Waals surface area contributed by atoms with Gasteiger partial charge in [0.1, 0.15) is 5.75 Å². The molecule has 0 bridgehead atoms. The minimum Gasteiger partial charge on any atom is -0.508 e. The highest BCUT2D eigenvalue weighted by atomic mass is 17.2. The number of aromatic hydroxyl groups is 2. The molecule has 0 spiro atoms. The van der Waals surface area contributed by atoms with Crippen molar-refractivity contribution >= 4 is 0 Å². The predicted molar refractivity (Wildman–Crippen MR) is 57.5 cm³/mol. The summed E-state index contributed by atoms with van der Waals surface area (Å²) in [6.45, 7) is 0. The van der Waals surface area contributed by atoms with Gasteiger partial charge in [-0.1, -0.05) is 12.1 Å². The number of hydrogen-bond donors (Lipinski definition) is 2. The molecule has 0 saturated carbocycles. The summed E-state index contributed by atoms with van der Waals surface area (Å²) in [6, 6.07) is 12.5. The normalized spacial score (nSPS) is 9.75. The first-order chi connectivity index (χ1) is 7.75. The Balaban J connectivity index is 2.02. The molecule has 0 amide bonds. The molecule has 2 aromatic carbocycles. The van der Waals surface area contributed by atoms with Gasteiger partial charge in [0, 0.05) is 0 Å². The van der Waals surface area contributed by atoms with E-state index in [1.807, 2.05) is 0 Å². The maximum absolute atomic E-state index is 9.39. The molecule has 82 valence electrons. The van der Waals surface area contributed by atoms with E-state index in [-0.39, 0.29) is 17.2 Å². The van der Waals surface area contributed by atoms with Gasteiger partial charge in [0.15, 0.2) is 11.5 Å². The van der Waals surface area contributed by atoms with Crippen LogP contribution in [-0.4, -0.2) is 10.2 Å². The standard InChI is InChI=1S/C12H10O4/c13-9-5-7-10(8-6-9)15-16-12-4-2-1-3-11(12)14/h1-8,13-14H. The molecule has 2 aromatic rings. The fourth-order valence-corrected chi connectivity index (χ4v) is 1.12. The van der Waals surface area contributed by atoms with E-state index in [1.54, 1.807) is 30.3 Å². The number of phenols is 2. The molecule has 0 radical (unpaired) electrons. The Bertz CT molecular complexity index is 465. The van der Waals surface area contributed by atoms with Crippen LogP contribution in [0.2, 0.25) is 0 Å². The summed E-state index contributed by atoms with van der Waals surface area (Å²) in [5.41, 5.74) is 0. The van der Waals surface area contributed by atoms with Crippen molar-refractivity contribution in [3.05, 3.63) is 48.5 Å². The van der Waals surface area contributed by atoms with E-state index in [1.165, 1.54) is 18.2 Å². The van der Waals surface area contributed by atoms with Gasteiger partial charge < -0.3 is 10.2 Å². The number of rotatable bonds is 3. The molecule has 0 aliphatic rings. The van der Waals surface area contributed by atoms with Gasteiger partial charge >= 0.3 is 0 Å². The fourth-order valence-electron chi connectivity index (χ4n) is 1.12. The van der Waals surface area contributed by atoms with Crippen molar-refractivity contribution in [3.8, 4) is 23.0 Å². The van der Waals surface area contributed by atoms with Gasteiger partial charge in [-0.25, -0.2) is 0 Å². The Morgan fingerprint density at radius 1 is 0.750 bits per heavy atom. The third-order valence-corrected chi connectivity index (χ3v) is 1.93. The van der Waals surface area contributed by atoms with Crippen molar-refractivity contribution in [3.63, 3.8) is 0 Å². The monoisotopic (exact) mass is 218 g/mol. The largest absolute Gasteiger partial charge is 0.508 e. The zero-order valence-electron chi connectivity index (χ0n) is 8.33. The van der Waals surface area contributed by atoms with Crippen LogP contribution in [0.15, 0.2) is 48.5 Å².